The Balaban J connectivity index is 1.45. The molecule has 0 spiro atoms. The van der Waals surface area contributed by atoms with Gasteiger partial charge in [-0.2, -0.15) is 0 Å². The van der Waals surface area contributed by atoms with Crippen molar-refractivity contribution in [1.82, 2.24) is 4.57 Å². The average Bonchev–Trinajstić information content (AvgIpc) is 3.10. The number of rotatable bonds is 6. The van der Waals surface area contributed by atoms with Crippen molar-refractivity contribution in [2.45, 2.75) is 19.5 Å². The Labute approximate surface area is 174 Å². The Morgan fingerprint density at radius 2 is 1.67 bits per heavy atom. The fraction of sp³-hybridized carbons (Fsp3) is 0.167. The first-order chi connectivity index (χ1) is 14.5. The molecule has 4 rings (SSSR count). The maximum atomic E-state index is 12.7. The molecule has 3 aromatic carbocycles. The second-order valence-corrected chi connectivity index (χ2v) is 7.26. The number of carbonyl (C=O) groups excluding carboxylic acids is 1. The molecule has 0 aliphatic heterocycles. The van der Waals surface area contributed by atoms with Crippen LogP contribution < -0.4 is 16.0 Å². The number of hydrogen-bond acceptors (Lipinski definition) is 4. The summed E-state index contributed by atoms with van der Waals surface area (Å²) in [5.41, 5.74) is 4.01. The Bertz CT molecular complexity index is 1210. The van der Waals surface area contributed by atoms with Crippen molar-refractivity contribution in [3.63, 3.8) is 0 Å². The molecule has 1 N–H and O–H groups in total. The molecule has 6 nitrogen and oxygen atoms in total. The largest absolute Gasteiger partial charge is 0.420 e. The predicted octanol–water partition coefficient (Wildman–Crippen LogP) is 4.43. The number of oxazole rings is 1. The molecule has 4 aromatic rings. The van der Waals surface area contributed by atoms with Gasteiger partial charge in [-0.1, -0.05) is 42.5 Å². The lowest BCUT2D eigenvalue weighted by Gasteiger charge is -2.20. The molecule has 0 aliphatic carbocycles. The Morgan fingerprint density at radius 1 is 1.00 bits per heavy atom. The van der Waals surface area contributed by atoms with E-state index < -0.39 is 11.8 Å². The van der Waals surface area contributed by atoms with Gasteiger partial charge in [0.05, 0.1) is 5.52 Å². The molecule has 0 fully saturated rings. The third-order valence-electron chi connectivity index (χ3n) is 5.12. The fourth-order valence-electron chi connectivity index (χ4n) is 3.46. The molecule has 0 saturated heterocycles. The SMILES string of the molecule is CC(C(=O)Nc1ccc(N(C)Cc2ccccc2)cc1)n1c(=O)oc2ccccc21. The molecule has 1 heterocycles. The molecule has 1 aromatic heterocycles. The number of aromatic nitrogens is 1. The van der Waals surface area contributed by atoms with E-state index in [2.05, 4.69) is 22.3 Å². The van der Waals surface area contributed by atoms with Crippen LogP contribution in [0, 0.1) is 0 Å². The van der Waals surface area contributed by atoms with E-state index in [1.807, 2.05) is 55.6 Å². The number of amides is 1. The van der Waals surface area contributed by atoms with E-state index in [0.29, 0.717) is 16.8 Å². The van der Waals surface area contributed by atoms with Crippen molar-refractivity contribution in [1.29, 1.82) is 0 Å². The lowest BCUT2D eigenvalue weighted by atomic mass is 10.2. The molecule has 152 valence electrons. The molecule has 6 heteroatoms. The second-order valence-electron chi connectivity index (χ2n) is 7.26. The minimum atomic E-state index is -0.707. The smallest absolute Gasteiger partial charge is 0.408 e. The van der Waals surface area contributed by atoms with Crippen LogP contribution in [0.25, 0.3) is 11.1 Å². The second kappa shape index (κ2) is 8.29. The summed E-state index contributed by atoms with van der Waals surface area (Å²) in [6.45, 7) is 2.47. The lowest BCUT2D eigenvalue weighted by molar-refractivity contribution is -0.118. The standard InChI is InChI=1S/C24H23N3O3/c1-17(27-21-10-6-7-11-22(21)30-24(27)29)23(28)25-19-12-14-20(15-13-19)26(2)16-18-8-4-3-5-9-18/h3-15,17H,16H2,1-2H3,(H,25,28). The van der Waals surface area contributed by atoms with E-state index in [4.69, 9.17) is 4.42 Å². The molecule has 0 aliphatic rings. The van der Waals surface area contributed by atoms with Gasteiger partial charge in [0.15, 0.2) is 5.58 Å². The van der Waals surface area contributed by atoms with Crippen LogP contribution in [0.4, 0.5) is 11.4 Å². The summed E-state index contributed by atoms with van der Waals surface area (Å²) in [5.74, 6) is -0.828. The predicted molar refractivity (Wildman–Crippen MR) is 119 cm³/mol. The van der Waals surface area contributed by atoms with Gasteiger partial charge < -0.3 is 14.6 Å². The maximum Gasteiger partial charge on any atom is 0.420 e. The van der Waals surface area contributed by atoms with Crippen molar-refractivity contribution in [3.05, 3.63) is 95.0 Å². The summed E-state index contributed by atoms with van der Waals surface area (Å²) in [5, 5.41) is 2.88. The summed E-state index contributed by atoms with van der Waals surface area (Å²) < 4.78 is 6.60. The van der Waals surface area contributed by atoms with Crippen LogP contribution in [0.3, 0.4) is 0 Å². The molecule has 1 unspecified atom stereocenters. The summed E-state index contributed by atoms with van der Waals surface area (Å²) in [7, 11) is 2.03. The first kappa shape index (κ1) is 19.5. The summed E-state index contributed by atoms with van der Waals surface area (Å²) in [6.07, 6.45) is 0. The van der Waals surface area contributed by atoms with E-state index in [9.17, 15) is 9.59 Å². The van der Waals surface area contributed by atoms with Crippen molar-refractivity contribution in [2.24, 2.45) is 0 Å². The van der Waals surface area contributed by atoms with Gasteiger partial charge in [-0.25, -0.2) is 4.79 Å². The molecule has 0 bridgehead atoms. The lowest BCUT2D eigenvalue weighted by Crippen LogP contribution is -2.29. The number of nitrogens with one attached hydrogen (secondary N) is 1. The maximum absolute atomic E-state index is 12.7. The number of hydrogen-bond donors (Lipinski definition) is 1. The van der Waals surface area contributed by atoms with Crippen LogP contribution in [-0.4, -0.2) is 17.5 Å². The van der Waals surface area contributed by atoms with Gasteiger partial charge in [-0.05, 0) is 48.9 Å². The molecule has 0 radical (unpaired) electrons. The summed E-state index contributed by atoms with van der Waals surface area (Å²) in [6, 6.07) is 24.2. The quantitative estimate of drug-likeness (QED) is 0.519. The fourth-order valence-corrected chi connectivity index (χ4v) is 3.46. The van der Waals surface area contributed by atoms with Gasteiger partial charge in [-0.3, -0.25) is 9.36 Å². The third-order valence-corrected chi connectivity index (χ3v) is 5.12. The van der Waals surface area contributed by atoms with E-state index in [0.717, 1.165) is 12.2 Å². The topological polar surface area (TPSA) is 67.5 Å². The number of fused-ring (bicyclic) bond motifs is 1. The first-order valence-corrected chi connectivity index (χ1v) is 9.79. The molecule has 1 atom stereocenters. The number of carbonyl (C=O) groups is 1. The van der Waals surface area contributed by atoms with E-state index >= 15 is 0 Å². The van der Waals surface area contributed by atoms with Crippen molar-refractivity contribution in [2.75, 3.05) is 17.3 Å². The van der Waals surface area contributed by atoms with Gasteiger partial charge in [0.2, 0.25) is 5.91 Å². The molecule has 0 saturated carbocycles. The molecular formula is C24H23N3O3. The highest BCUT2D eigenvalue weighted by Crippen LogP contribution is 2.21. The monoisotopic (exact) mass is 401 g/mol. The number of anilines is 2. The number of para-hydroxylation sites is 2. The van der Waals surface area contributed by atoms with Gasteiger partial charge in [0, 0.05) is 25.0 Å². The van der Waals surface area contributed by atoms with Crippen LogP contribution >= 0.6 is 0 Å². The van der Waals surface area contributed by atoms with Crippen LogP contribution in [0.1, 0.15) is 18.5 Å². The number of benzene rings is 3. The van der Waals surface area contributed by atoms with Gasteiger partial charge >= 0.3 is 5.76 Å². The molecule has 1 amide bonds. The first-order valence-electron chi connectivity index (χ1n) is 9.79. The molecular weight excluding hydrogens is 378 g/mol. The highest BCUT2D eigenvalue weighted by molar-refractivity contribution is 5.94. The summed E-state index contributed by atoms with van der Waals surface area (Å²) >= 11 is 0. The highest BCUT2D eigenvalue weighted by Gasteiger charge is 2.21. The van der Waals surface area contributed by atoms with Crippen LogP contribution in [0.2, 0.25) is 0 Å². The van der Waals surface area contributed by atoms with Gasteiger partial charge in [0.1, 0.15) is 6.04 Å². The van der Waals surface area contributed by atoms with E-state index in [1.54, 1.807) is 25.1 Å². The minimum absolute atomic E-state index is 0.283. The Kier molecular flexibility index (Phi) is 5.39. The van der Waals surface area contributed by atoms with Crippen LogP contribution in [0.15, 0.2) is 88.1 Å². The zero-order chi connectivity index (χ0) is 21.1. The van der Waals surface area contributed by atoms with E-state index in [1.165, 1.54) is 10.1 Å². The number of nitrogens with zero attached hydrogens (tertiary/aromatic N) is 2. The van der Waals surface area contributed by atoms with Gasteiger partial charge in [0.25, 0.3) is 0 Å². The Hall–Kier alpha value is -3.80. The zero-order valence-corrected chi connectivity index (χ0v) is 16.9. The van der Waals surface area contributed by atoms with Crippen LogP contribution in [0.5, 0.6) is 0 Å². The normalized spacial score (nSPS) is 11.9. The van der Waals surface area contributed by atoms with Crippen molar-refractivity contribution < 1.29 is 9.21 Å². The van der Waals surface area contributed by atoms with Crippen molar-refractivity contribution >= 4 is 28.4 Å². The molecule has 30 heavy (non-hydrogen) atoms. The third kappa shape index (κ3) is 3.98. The van der Waals surface area contributed by atoms with Gasteiger partial charge in [-0.15, -0.1) is 0 Å². The van der Waals surface area contributed by atoms with E-state index in [-0.39, 0.29) is 5.91 Å². The zero-order valence-electron chi connectivity index (χ0n) is 16.9. The highest BCUT2D eigenvalue weighted by atomic mass is 16.4. The van der Waals surface area contributed by atoms with Crippen molar-refractivity contribution in [3.8, 4) is 0 Å². The summed E-state index contributed by atoms with van der Waals surface area (Å²) in [4.78, 5) is 27.1. The average molecular weight is 401 g/mol. The Morgan fingerprint density at radius 3 is 2.40 bits per heavy atom. The minimum Gasteiger partial charge on any atom is -0.408 e. The van der Waals surface area contributed by atoms with Crippen LogP contribution in [-0.2, 0) is 11.3 Å².